The molecule has 0 bridgehead atoms. The first-order valence-electron chi connectivity index (χ1n) is 27.4. The minimum atomic E-state index is 0.518. The van der Waals surface area contributed by atoms with Gasteiger partial charge in [0.2, 0.25) is 0 Å². The van der Waals surface area contributed by atoms with E-state index in [1.54, 1.807) is 0 Å². The number of furan rings is 1. The average molecular weight is 1040 g/mol. The number of benzene rings is 11. The molecule has 0 radical (unpaired) electrons. The van der Waals surface area contributed by atoms with E-state index in [1.807, 2.05) is 42.6 Å². The van der Waals surface area contributed by atoms with E-state index < -0.39 is 0 Å². The summed E-state index contributed by atoms with van der Waals surface area (Å²) in [6, 6.07) is 96.4. The standard InChI is InChI=1S/C76H52N4O/c1-49-38-50(2)40-61(39-49)64-28-15-16-29-65(64)66-36-34-55(47-69(66)67-31-19-33-72-73(67)68-30-17-18-32-71(68)81-72)70-37-35-56(48-77-70)74-78-75(62-43-57(51-20-7-3-8-21-51)41-58(44-62)52-22-9-4-10-23-52)80-76(79-74)63-45-59(53-24-11-5-12-25-53)42-60(46-63)54-26-13-6-14-27-54/h3-48H,1-2H3. The molecule has 0 aliphatic rings. The Morgan fingerprint density at radius 1 is 0.259 bits per heavy atom. The van der Waals surface area contributed by atoms with Crippen LogP contribution in [0.2, 0.25) is 0 Å². The number of rotatable bonds is 11. The lowest BCUT2D eigenvalue weighted by Crippen LogP contribution is -2.01. The van der Waals surface area contributed by atoms with E-state index in [4.69, 9.17) is 24.4 Å². The second-order valence-electron chi connectivity index (χ2n) is 20.8. The zero-order valence-electron chi connectivity index (χ0n) is 44.8. The lowest BCUT2D eigenvalue weighted by molar-refractivity contribution is 0.669. The quantitative estimate of drug-likeness (QED) is 0.129. The Bertz CT molecular complexity index is 4350. The van der Waals surface area contributed by atoms with Gasteiger partial charge in [0.05, 0.1) is 5.69 Å². The number of hydrogen-bond donors (Lipinski definition) is 0. The van der Waals surface area contributed by atoms with Crippen LogP contribution >= 0.6 is 0 Å². The molecule has 3 heterocycles. The normalized spacial score (nSPS) is 11.3. The van der Waals surface area contributed by atoms with Crippen LogP contribution in [0.4, 0.5) is 0 Å². The smallest absolute Gasteiger partial charge is 0.165 e. The molecule has 0 aliphatic heterocycles. The molecule has 0 spiro atoms. The highest BCUT2D eigenvalue weighted by atomic mass is 16.3. The largest absolute Gasteiger partial charge is 0.456 e. The van der Waals surface area contributed by atoms with E-state index in [2.05, 4.69) is 250 Å². The Hall–Kier alpha value is -10.6. The van der Waals surface area contributed by atoms with Crippen LogP contribution in [0.5, 0.6) is 0 Å². The second kappa shape index (κ2) is 21.0. The number of pyridine rings is 1. The molecule has 0 amide bonds. The highest BCUT2D eigenvalue weighted by Gasteiger charge is 2.21. The van der Waals surface area contributed by atoms with E-state index in [0.717, 1.165) is 117 Å². The maximum Gasteiger partial charge on any atom is 0.165 e. The highest BCUT2D eigenvalue weighted by Crippen LogP contribution is 2.45. The Balaban J connectivity index is 0.939. The van der Waals surface area contributed by atoms with Gasteiger partial charge in [0.15, 0.2) is 17.5 Å². The SMILES string of the molecule is Cc1cc(C)cc(-c2ccccc2-c2ccc(-c3ccc(-c4nc(-c5cc(-c6ccccc6)cc(-c6ccccc6)c5)nc(-c5cc(-c6ccccc6)cc(-c6ccccc6)c5)n4)cn3)cc2-c2cccc3oc4ccccc4c23)c1. The van der Waals surface area contributed by atoms with E-state index >= 15 is 0 Å². The van der Waals surface area contributed by atoms with Gasteiger partial charge in [-0.15, -0.1) is 0 Å². The van der Waals surface area contributed by atoms with Crippen LogP contribution in [0.3, 0.4) is 0 Å². The van der Waals surface area contributed by atoms with Gasteiger partial charge in [-0.1, -0.05) is 217 Å². The number of fused-ring (bicyclic) bond motifs is 3. The van der Waals surface area contributed by atoms with Gasteiger partial charge >= 0.3 is 0 Å². The van der Waals surface area contributed by atoms with Gasteiger partial charge in [-0.25, -0.2) is 15.0 Å². The lowest BCUT2D eigenvalue weighted by Gasteiger charge is -2.17. The van der Waals surface area contributed by atoms with Crippen LogP contribution in [0.15, 0.2) is 284 Å². The van der Waals surface area contributed by atoms with Gasteiger partial charge in [-0.3, -0.25) is 4.98 Å². The molecule has 0 atom stereocenters. The molecule has 0 aliphatic carbocycles. The fourth-order valence-electron chi connectivity index (χ4n) is 11.4. The van der Waals surface area contributed by atoms with Gasteiger partial charge in [-0.05, 0) is 158 Å². The molecule has 14 aromatic rings. The molecule has 14 rings (SSSR count). The fraction of sp³-hybridized carbons (Fsp3) is 0.0263. The minimum Gasteiger partial charge on any atom is -0.456 e. The summed E-state index contributed by atoms with van der Waals surface area (Å²) >= 11 is 0. The Labute approximate surface area is 471 Å². The molecular weight excluding hydrogens is 985 g/mol. The molecule has 81 heavy (non-hydrogen) atoms. The predicted molar refractivity (Wildman–Crippen MR) is 334 cm³/mol. The summed E-state index contributed by atoms with van der Waals surface area (Å²) in [7, 11) is 0. The molecule has 0 saturated carbocycles. The first kappa shape index (κ1) is 48.7. The zero-order chi connectivity index (χ0) is 54.2. The monoisotopic (exact) mass is 1040 g/mol. The van der Waals surface area contributed by atoms with Crippen molar-refractivity contribution in [2.75, 3.05) is 0 Å². The maximum absolute atomic E-state index is 6.50. The van der Waals surface area contributed by atoms with E-state index in [0.29, 0.717) is 17.5 Å². The molecule has 0 fully saturated rings. The number of nitrogens with zero attached hydrogens (tertiary/aromatic N) is 4. The summed E-state index contributed by atoms with van der Waals surface area (Å²) in [5.41, 5.74) is 23.9. The first-order chi connectivity index (χ1) is 39.9. The number of hydrogen-bond acceptors (Lipinski definition) is 5. The van der Waals surface area contributed by atoms with E-state index in [9.17, 15) is 0 Å². The van der Waals surface area contributed by atoms with Crippen molar-refractivity contribution in [3.8, 4) is 123 Å². The van der Waals surface area contributed by atoms with Crippen molar-refractivity contribution in [1.82, 2.24) is 19.9 Å². The fourth-order valence-corrected chi connectivity index (χ4v) is 11.4. The Kier molecular flexibility index (Phi) is 12.6. The summed E-state index contributed by atoms with van der Waals surface area (Å²) in [5, 5.41) is 2.15. The third-order valence-electron chi connectivity index (χ3n) is 15.2. The summed E-state index contributed by atoms with van der Waals surface area (Å²) in [6.07, 6.45) is 1.90. The van der Waals surface area contributed by atoms with Crippen LogP contribution in [0.1, 0.15) is 11.1 Å². The summed E-state index contributed by atoms with van der Waals surface area (Å²) in [5.74, 6) is 1.63. The summed E-state index contributed by atoms with van der Waals surface area (Å²) in [4.78, 5) is 21.4. The molecule has 0 saturated heterocycles. The average Bonchev–Trinajstić information content (AvgIpc) is 3.93. The molecule has 11 aromatic carbocycles. The zero-order valence-corrected chi connectivity index (χ0v) is 44.8. The molecule has 0 N–H and O–H groups in total. The first-order valence-corrected chi connectivity index (χ1v) is 27.4. The highest BCUT2D eigenvalue weighted by molar-refractivity contribution is 6.14. The maximum atomic E-state index is 6.50. The number of aromatic nitrogens is 4. The van der Waals surface area contributed by atoms with Crippen molar-refractivity contribution < 1.29 is 4.42 Å². The van der Waals surface area contributed by atoms with Crippen molar-refractivity contribution in [1.29, 1.82) is 0 Å². The van der Waals surface area contributed by atoms with Crippen LogP contribution in [0.25, 0.3) is 145 Å². The van der Waals surface area contributed by atoms with E-state index in [1.165, 1.54) is 22.3 Å². The van der Waals surface area contributed by atoms with Crippen molar-refractivity contribution in [3.05, 3.63) is 290 Å². The van der Waals surface area contributed by atoms with Crippen molar-refractivity contribution in [3.63, 3.8) is 0 Å². The van der Waals surface area contributed by atoms with Crippen molar-refractivity contribution in [2.45, 2.75) is 13.8 Å². The molecule has 5 nitrogen and oxygen atoms in total. The van der Waals surface area contributed by atoms with Gasteiger partial charge in [-0.2, -0.15) is 0 Å². The summed E-state index contributed by atoms with van der Waals surface area (Å²) < 4.78 is 6.50. The topological polar surface area (TPSA) is 64.7 Å². The van der Waals surface area contributed by atoms with Crippen LogP contribution < -0.4 is 0 Å². The van der Waals surface area contributed by atoms with Gasteiger partial charge in [0.1, 0.15) is 11.2 Å². The molecule has 382 valence electrons. The lowest BCUT2D eigenvalue weighted by atomic mass is 9.86. The van der Waals surface area contributed by atoms with Gasteiger partial charge in [0.25, 0.3) is 0 Å². The minimum absolute atomic E-state index is 0.518. The summed E-state index contributed by atoms with van der Waals surface area (Å²) in [6.45, 7) is 4.33. The Morgan fingerprint density at radius 3 is 1.22 bits per heavy atom. The second-order valence-corrected chi connectivity index (χ2v) is 20.8. The molecule has 5 heteroatoms. The Morgan fingerprint density at radius 2 is 0.691 bits per heavy atom. The van der Waals surface area contributed by atoms with Crippen LogP contribution in [-0.4, -0.2) is 19.9 Å². The number of aryl methyl sites for hydroxylation is 2. The van der Waals surface area contributed by atoms with Gasteiger partial charge < -0.3 is 4.42 Å². The molecular formula is C76H52N4O. The molecule has 3 aromatic heterocycles. The number of para-hydroxylation sites is 1. The third-order valence-corrected chi connectivity index (χ3v) is 15.2. The van der Waals surface area contributed by atoms with Crippen LogP contribution in [-0.2, 0) is 0 Å². The van der Waals surface area contributed by atoms with Crippen molar-refractivity contribution >= 4 is 21.9 Å². The molecule has 0 unspecified atom stereocenters. The van der Waals surface area contributed by atoms with Crippen molar-refractivity contribution in [2.24, 2.45) is 0 Å². The van der Waals surface area contributed by atoms with Crippen LogP contribution in [0, 0.1) is 13.8 Å². The van der Waals surface area contributed by atoms with Gasteiger partial charge in [0, 0.05) is 39.2 Å². The predicted octanol–water partition coefficient (Wildman–Crippen LogP) is 20.1. The van der Waals surface area contributed by atoms with E-state index in [-0.39, 0.29) is 0 Å². The third kappa shape index (κ3) is 9.68.